The van der Waals surface area contributed by atoms with Crippen molar-refractivity contribution in [1.82, 2.24) is 0 Å². The van der Waals surface area contributed by atoms with E-state index in [0.717, 1.165) is 6.42 Å². The Hall–Kier alpha value is -0.780. The molecule has 1 aliphatic carbocycles. The van der Waals surface area contributed by atoms with Gasteiger partial charge in [0.25, 0.3) is 0 Å². The van der Waals surface area contributed by atoms with Gasteiger partial charge in [-0.1, -0.05) is 49.3 Å². The van der Waals surface area contributed by atoms with Gasteiger partial charge in [0.1, 0.15) is 0 Å². The first-order valence-corrected chi connectivity index (χ1v) is 6.80. The number of rotatable bonds is 7. The van der Waals surface area contributed by atoms with Gasteiger partial charge >= 0.3 is 0 Å². The minimum Gasteiger partial charge on any atom is -0.0882 e. The Morgan fingerprint density at radius 2 is 1.81 bits per heavy atom. The molecular formula is C16H25. The Kier molecular flexibility index (Phi) is 7.84. The first-order chi connectivity index (χ1) is 7.93. The standard InChI is InChI=1S/C16H25/c1-2-3-4-5-7-10-13-16-14-11-8-6-9-12-15-16/h1-2,6,8,15H,3-5,7,9-14H2/b2-1?,8-6-,16-15-. The highest BCUT2D eigenvalue weighted by Gasteiger charge is 1.99. The van der Waals surface area contributed by atoms with Gasteiger partial charge < -0.3 is 0 Å². The van der Waals surface area contributed by atoms with Crippen molar-refractivity contribution in [1.29, 1.82) is 0 Å². The average Bonchev–Trinajstić information content (AvgIpc) is 2.25. The Bertz CT molecular complexity index is 232. The van der Waals surface area contributed by atoms with E-state index >= 15 is 0 Å². The zero-order valence-electron chi connectivity index (χ0n) is 10.5. The van der Waals surface area contributed by atoms with Gasteiger partial charge in [-0.05, 0) is 51.4 Å². The van der Waals surface area contributed by atoms with Crippen molar-refractivity contribution < 1.29 is 0 Å². The molecule has 0 bridgehead atoms. The zero-order chi connectivity index (χ0) is 11.5. The summed E-state index contributed by atoms with van der Waals surface area (Å²) in [6.45, 7) is 5.35. The van der Waals surface area contributed by atoms with E-state index in [4.69, 9.17) is 6.58 Å². The van der Waals surface area contributed by atoms with E-state index in [-0.39, 0.29) is 0 Å². The molecule has 0 aromatic heterocycles. The maximum absolute atomic E-state index is 5.35. The molecule has 0 N–H and O–H groups in total. The van der Waals surface area contributed by atoms with Crippen molar-refractivity contribution in [3.8, 4) is 0 Å². The molecule has 0 nitrogen and oxygen atoms in total. The molecule has 0 aromatic rings. The molecule has 0 saturated heterocycles. The highest BCUT2D eigenvalue weighted by Crippen LogP contribution is 2.19. The summed E-state index contributed by atoms with van der Waals surface area (Å²) in [5.41, 5.74) is 1.69. The second kappa shape index (κ2) is 9.45. The van der Waals surface area contributed by atoms with Gasteiger partial charge in [0.2, 0.25) is 0 Å². The van der Waals surface area contributed by atoms with Gasteiger partial charge in [-0.3, -0.25) is 0 Å². The Morgan fingerprint density at radius 3 is 2.69 bits per heavy atom. The second-order valence-electron chi connectivity index (χ2n) is 4.64. The number of hydrogen-bond donors (Lipinski definition) is 0. The summed E-state index contributed by atoms with van der Waals surface area (Å²) in [6, 6.07) is 0. The van der Waals surface area contributed by atoms with Crippen LogP contribution in [0, 0.1) is 6.58 Å². The van der Waals surface area contributed by atoms with E-state index in [9.17, 15) is 0 Å². The lowest BCUT2D eigenvalue weighted by Gasteiger charge is -2.08. The third kappa shape index (κ3) is 6.66. The largest absolute Gasteiger partial charge is 0.0882 e. The quantitative estimate of drug-likeness (QED) is 0.397. The van der Waals surface area contributed by atoms with Crippen LogP contribution < -0.4 is 0 Å². The summed E-state index contributed by atoms with van der Waals surface area (Å²) in [6.07, 6.45) is 21.6. The van der Waals surface area contributed by atoms with Crippen molar-refractivity contribution in [2.24, 2.45) is 0 Å². The molecule has 1 radical (unpaired) electrons. The average molecular weight is 217 g/mol. The van der Waals surface area contributed by atoms with Crippen LogP contribution >= 0.6 is 0 Å². The minimum atomic E-state index is 1.08. The van der Waals surface area contributed by atoms with Gasteiger partial charge in [0, 0.05) is 0 Å². The summed E-state index contributed by atoms with van der Waals surface area (Å²) < 4.78 is 0. The lowest BCUT2D eigenvalue weighted by molar-refractivity contribution is 0.635. The van der Waals surface area contributed by atoms with Crippen LogP contribution in [-0.4, -0.2) is 0 Å². The van der Waals surface area contributed by atoms with Crippen molar-refractivity contribution >= 4 is 0 Å². The Labute approximate surface area is 101 Å². The lowest BCUT2D eigenvalue weighted by Crippen LogP contribution is -1.88. The molecule has 1 rings (SSSR count). The first-order valence-electron chi connectivity index (χ1n) is 6.80. The molecule has 0 saturated carbocycles. The van der Waals surface area contributed by atoms with E-state index in [1.54, 1.807) is 11.6 Å². The fourth-order valence-electron chi connectivity index (χ4n) is 2.19. The van der Waals surface area contributed by atoms with Crippen LogP contribution in [0.4, 0.5) is 0 Å². The molecule has 16 heavy (non-hydrogen) atoms. The molecular weight excluding hydrogens is 192 g/mol. The third-order valence-electron chi connectivity index (χ3n) is 3.18. The van der Waals surface area contributed by atoms with Crippen molar-refractivity contribution in [2.45, 2.75) is 64.2 Å². The predicted octanol–water partition coefficient (Wildman–Crippen LogP) is 5.37. The van der Waals surface area contributed by atoms with E-state index in [1.165, 1.54) is 57.8 Å². The fraction of sp³-hybridized carbons (Fsp3) is 0.625. The predicted molar refractivity (Wildman–Crippen MR) is 72.3 cm³/mol. The van der Waals surface area contributed by atoms with Crippen LogP contribution in [0.1, 0.15) is 64.2 Å². The van der Waals surface area contributed by atoms with Crippen LogP contribution in [0.2, 0.25) is 0 Å². The van der Waals surface area contributed by atoms with Gasteiger partial charge in [0.15, 0.2) is 0 Å². The topological polar surface area (TPSA) is 0 Å². The number of allylic oxidation sites excluding steroid dienone is 5. The number of hydrogen-bond acceptors (Lipinski definition) is 0. The smallest absolute Gasteiger partial charge is 0.0286 e. The molecule has 0 heteroatoms. The van der Waals surface area contributed by atoms with Crippen molar-refractivity contribution in [2.75, 3.05) is 0 Å². The highest BCUT2D eigenvalue weighted by molar-refractivity contribution is 5.06. The van der Waals surface area contributed by atoms with Gasteiger partial charge in [-0.15, -0.1) is 0 Å². The van der Waals surface area contributed by atoms with Crippen LogP contribution in [0.25, 0.3) is 0 Å². The van der Waals surface area contributed by atoms with Gasteiger partial charge in [-0.2, -0.15) is 0 Å². The molecule has 89 valence electrons. The van der Waals surface area contributed by atoms with E-state index < -0.39 is 0 Å². The third-order valence-corrected chi connectivity index (χ3v) is 3.18. The molecule has 0 unspecified atom stereocenters. The maximum atomic E-state index is 5.35. The molecule has 0 aromatic carbocycles. The summed E-state index contributed by atoms with van der Waals surface area (Å²) >= 11 is 0. The molecule has 0 amide bonds. The molecule has 1 aliphatic rings. The molecule has 0 aliphatic heterocycles. The molecule has 0 atom stereocenters. The van der Waals surface area contributed by atoms with E-state index in [1.807, 2.05) is 0 Å². The summed E-state index contributed by atoms with van der Waals surface area (Å²) in [5.74, 6) is 0. The van der Waals surface area contributed by atoms with E-state index in [2.05, 4.69) is 18.2 Å². The van der Waals surface area contributed by atoms with Crippen LogP contribution in [0.5, 0.6) is 0 Å². The van der Waals surface area contributed by atoms with Gasteiger partial charge in [0.05, 0.1) is 0 Å². The summed E-state index contributed by atoms with van der Waals surface area (Å²) in [7, 11) is 0. The highest BCUT2D eigenvalue weighted by atomic mass is 14.0. The van der Waals surface area contributed by atoms with Crippen molar-refractivity contribution in [3.05, 3.63) is 36.5 Å². The Morgan fingerprint density at radius 1 is 1.00 bits per heavy atom. The minimum absolute atomic E-state index is 1.08. The van der Waals surface area contributed by atoms with E-state index in [0.29, 0.717) is 0 Å². The first kappa shape index (κ1) is 13.3. The van der Waals surface area contributed by atoms with Crippen LogP contribution in [-0.2, 0) is 0 Å². The normalized spacial score (nSPS) is 21.6. The van der Waals surface area contributed by atoms with Crippen molar-refractivity contribution in [3.63, 3.8) is 0 Å². The number of unbranched alkanes of at least 4 members (excludes halogenated alkanes) is 4. The van der Waals surface area contributed by atoms with Gasteiger partial charge in [-0.25, -0.2) is 0 Å². The second-order valence-corrected chi connectivity index (χ2v) is 4.64. The van der Waals surface area contributed by atoms with Crippen LogP contribution in [0.15, 0.2) is 29.9 Å². The summed E-state index contributed by atoms with van der Waals surface area (Å²) in [4.78, 5) is 0. The SMILES string of the molecule is [CH]=CCCCCCC/C1=C/CC/C=C\CC1. The fourth-order valence-corrected chi connectivity index (χ4v) is 2.19. The molecule has 0 fully saturated rings. The monoisotopic (exact) mass is 217 g/mol. The molecule has 0 heterocycles. The maximum Gasteiger partial charge on any atom is -0.0286 e. The lowest BCUT2D eigenvalue weighted by atomic mass is 9.98. The van der Waals surface area contributed by atoms with Crippen LogP contribution in [0.3, 0.4) is 0 Å². The summed E-state index contributed by atoms with van der Waals surface area (Å²) in [5, 5.41) is 0. The zero-order valence-corrected chi connectivity index (χ0v) is 10.5. The molecule has 0 spiro atoms. The Balaban J connectivity index is 2.04.